The van der Waals surface area contributed by atoms with Crippen molar-refractivity contribution >= 4 is 5.97 Å². The molecule has 0 aromatic rings. The van der Waals surface area contributed by atoms with Crippen LogP contribution in [0.2, 0.25) is 0 Å². The van der Waals surface area contributed by atoms with E-state index in [4.69, 9.17) is 4.74 Å². The molecule has 1 heterocycles. The number of allylic oxidation sites excluding steroid dienone is 2. The van der Waals surface area contributed by atoms with Gasteiger partial charge in [0.1, 0.15) is 6.10 Å². The Hall–Kier alpha value is -1.13. The van der Waals surface area contributed by atoms with Crippen LogP contribution in [0.1, 0.15) is 71.6 Å². The zero-order valence-electron chi connectivity index (χ0n) is 15.7. The Morgan fingerprint density at radius 2 is 2.16 bits per heavy atom. The maximum Gasteiger partial charge on any atom is 0.306 e. The van der Waals surface area contributed by atoms with E-state index < -0.39 is 11.7 Å². The quantitative estimate of drug-likeness (QED) is 0.433. The number of carbonyl (C=O) groups is 1. The van der Waals surface area contributed by atoms with Crippen LogP contribution in [0.4, 0.5) is 0 Å². The first-order valence-corrected chi connectivity index (χ1v) is 9.87. The lowest BCUT2D eigenvalue weighted by atomic mass is 9.88. The number of ether oxygens (including phenoxy) is 1. The summed E-state index contributed by atoms with van der Waals surface area (Å²) in [6.45, 7) is 3.97. The van der Waals surface area contributed by atoms with Gasteiger partial charge in [-0.3, -0.25) is 4.79 Å². The highest BCUT2D eigenvalue weighted by Crippen LogP contribution is 2.39. The highest BCUT2D eigenvalue weighted by Gasteiger charge is 2.42. The van der Waals surface area contributed by atoms with Gasteiger partial charge in [-0.05, 0) is 38.5 Å². The maximum absolute atomic E-state index is 12.0. The van der Waals surface area contributed by atoms with Crippen molar-refractivity contribution in [3.05, 3.63) is 24.3 Å². The average molecular weight is 350 g/mol. The SMILES string of the molecule is CCCCC[C@](C)(O)/C=C/C1[C@@H]2C[C@@H](O)[C@H]1C/C=C\CCCC(=O)O2. The van der Waals surface area contributed by atoms with Gasteiger partial charge in [0.2, 0.25) is 0 Å². The van der Waals surface area contributed by atoms with Crippen LogP contribution in [0.5, 0.6) is 0 Å². The van der Waals surface area contributed by atoms with Crippen LogP contribution < -0.4 is 0 Å². The van der Waals surface area contributed by atoms with Crippen molar-refractivity contribution < 1.29 is 19.7 Å². The first-order chi connectivity index (χ1) is 11.9. The number of carbonyl (C=O) groups excluding carboxylic acids is 1. The summed E-state index contributed by atoms with van der Waals surface area (Å²) < 4.78 is 5.66. The molecule has 2 bridgehead atoms. The Labute approximate surface area is 152 Å². The first-order valence-electron chi connectivity index (χ1n) is 9.87. The van der Waals surface area contributed by atoms with Gasteiger partial charge in [0.25, 0.3) is 0 Å². The molecule has 4 nitrogen and oxygen atoms in total. The van der Waals surface area contributed by atoms with Crippen molar-refractivity contribution in [2.24, 2.45) is 11.8 Å². The molecule has 142 valence electrons. The molecule has 1 saturated carbocycles. The Kier molecular flexibility index (Phi) is 7.70. The molecule has 0 saturated heterocycles. The molecule has 0 aromatic heterocycles. The van der Waals surface area contributed by atoms with Crippen LogP contribution >= 0.6 is 0 Å². The van der Waals surface area contributed by atoms with Gasteiger partial charge in [0.15, 0.2) is 0 Å². The van der Waals surface area contributed by atoms with E-state index in [1.54, 1.807) is 0 Å². The fraction of sp³-hybridized carbons (Fsp3) is 0.762. The van der Waals surface area contributed by atoms with E-state index >= 15 is 0 Å². The van der Waals surface area contributed by atoms with Crippen molar-refractivity contribution in [1.82, 2.24) is 0 Å². The third kappa shape index (κ3) is 6.27. The van der Waals surface area contributed by atoms with Crippen LogP contribution in [-0.2, 0) is 9.53 Å². The predicted octanol–water partition coefficient (Wildman–Crippen LogP) is 3.91. The Morgan fingerprint density at radius 3 is 2.92 bits per heavy atom. The summed E-state index contributed by atoms with van der Waals surface area (Å²) in [7, 11) is 0. The van der Waals surface area contributed by atoms with Gasteiger partial charge < -0.3 is 14.9 Å². The second kappa shape index (κ2) is 9.54. The number of fused-ring (bicyclic) bond motifs is 2. The van der Waals surface area contributed by atoms with Gasteiger partial charge in [-0.25, -0.2) is 0 Å². The summed E-state index contributed by atoms with van der Waals surface area (Å²) in [5.74, 6) is -0.185. The summed E-state index contributed by atoms with van der Waals surface area (Å²) in [5.41, 5.74) is -0.856. The molecule has 5 atom stereocenters. The third-order valence-corrected chi connectivity index (χ3v) is 5.47. The largest absolute Gasteiger partial charge is 0.462 e. The summed E-state index contributed by atoms with van der Waals surface area (Å²) in [6, 6.07) is 0. The predicted molar refractivity (Wildman–Crippen MR) is 99.0 cm³/mol. The summed E-state index contributed by atoms with van der Waals surface area (Å²) >= 11 is 0. The molecule has 1 unspecified atom stereocenters. The van der Waals surface area contributed by atoms with Crippen LogP contribution in [0.25, 0.3) is 0 Å². The van der Waals surface area contributed by atoms with E-state index in [0.29, 0.717) is 12.8 Å². The molecular formula is C21H34O4. The van der Waals surface area contributed by atoms with Crippen molar-refractivity contribution in [3.8, 4) is 0 Å². The molecule has 0 spiro atoms. The van der Waals surface area contributed by atoms with Gasteiger partial charge in [0.05, 0.1) is 11.7 Å². The molecule has 2 N–H and O–H groups in total. The fourth-order valence-corrected chi connectivity index (χ4v) is 3.91. The number of hydrogen-bond donors (Lipinski definition) is 2. The van der Waals surface area contributed by atoms with Gasteiger partial charge in [-0.15, -0.1) is 0 Å². The van der Waals surface area contributed by atoms with Gasteiger partial charge in [-0.1, -0.05) is 50.5 Å². The maximum atomic E-state index is 12.0. The number of aliphatic hydroxyl groups is 2. The molecule has 25 heavy (non-hydrogen) atoms. The molecule has 1 aliphatic heterocycles. The molecule has 0 radical (unpaired) electrons. The molecular weight excluding hydrogens is 316 g/mol. The van der Waals surface area contributed by atoms with E-state index in [1.165, 1.54) is 0 Å². The fourth-order valence-electron chi connectivity index (χ4n) is 3.91. The van der Waals surface area contributed by atoms with Crippen LogP contribution in [-0.4, -0.2) is 34.0 Å². The average Bonchev–Trinajstić information content (AvgIpc) is 2.81. The Morgan fingerprint density at radius 1 is 1.36 bits per heavy atom. The van der Waals surface area contributed by atoms with E-state index in [1.807, 2.05) is 19.1 Å². The minimum atomic E-state index is -0.856. The number of unbranched alkanes of at least 4 members (excludes halogenated alkanes) is 2. The van der Waals surface area contributed by atoms with Crippen LogP contribution in [0.3, 0.4) is 0 Å². The topological polar surface area (TPSA) is 66.8 Å². The van der Waals surface area contributed by atoms with E-state index in [2.05, 4.69) is 19.1 Å². The van der Waals surface area contributed by atoms with Crippen LogP contribution in [0, 0.1) is 11.8 Å². The van der Waals surface area contributed by atoms with Crippen molar-refractivity contribution in [1.29, 1.82) is 0 Å². The van der Waals surface area contributed by atoms with Gasteiger partial charge >= 0.3 is 5.97 Å². The van der Waals surface area contributed by atoms with E-state index in [-0.39, 0.29) is 23.9 Å². The monoisotopic (exact) mass is 350 g/mol. The minimum absolute atomic E-state index is 0.0369. The zero-order chi connectivity index (χ0) is 18.3. The Balaban J connectivity index is 2.11. The van der Waals surface area contributed by atoms with Crippen LogP contribution in [0.15, 0.2) is 24.3 Å². The molecule has 0 amide bonds. The molecule has 4 heteroatoms. The second-order valence-corrected chi connectivity index (χ2v) is 7.85. The lowest BCUT2D eigenvalue weighted by Gasteiger charge is -2.24. The second-order valence-electron chi connectivity index (χ2n) is 7.85. The van der Waals surface area contributed by atoms with Gasteiger partial charge in [0, 0.05) is 18.8 Å². The van der Waals surface area contributed by atoms with Crippen molar-refractivity contribution in [3.63, 3.8) is 0 Å². The van der Waals surface area contributed by atoms with Crippen molar-refractivity contribution in [2.45, 2.75) is 89.4 Å². The highest BCUT2D eigenvalue weighted by molar-refractivity contribution is 5.69. The zero-order valence-corrected chi connectivity index (χ0v) is 15.7. The summed E-state index contributed by atoms with van der Waals surface area (Å²) in [5, 5.41) is 21.0. The molecule has 2 aliphatic rings. The standard InChI is InChI=1S/C21H34O4/c1-3-4-9-13-21(2,24)14-12-17-16-10-7-5-6-8-11-20(23)25-19(17)15-18(16)22/h5,7,12,14,16-19,22,24H,3-4,6,8-11,13,15H2,1-2H3/b7-5-,14-12+/t16-,17?,18+,19-,21-/m0/s1. The molecule has 1 fully saturated rings. The van der Waals surface area contributed by atoms with E-state index in [9.17, 15) is 15.0 Å². The number of rotatable bonds is 6. The molecule has 2 rings (SSSR count). The number of esters is 1. The molecule has 0 aromatic carbocycles. The third-order valence-electron chi connectivity index (χ3n) is 5.47. The number of hydrogen-bond acceptors (Lipinski definition) is 4. The minimum Gasteiger partial charge on any atom is -0.462 e. The highest BCUT2D eigenvalue weighted by atomic mass is 16.5. The lowest BCUT2D eigenvalue weighted by Crippen LogP contribution is -2.26. The van der Waals surface area contributed by atoms with Gasteiger partial charge in [-0.2, -0.15) is 0 Å². The first kappa shape index (κ1) is 20.2. The number of aliphatic hydroxyl groups excluding tert-OH is 1. The smallest absolute Gasteiger partial charge is 0.306 e. The Bertz CT molecular complexity index is 480. The molecule has 1 aliphatic carbocycles. The summed E-state index contributed by atoms with van der Waals surface area (Å²) in [6.07, 6.45) is 14.6. The normalized spacial score (nSPS) is 34.3. The lowest BCUT2D eigenvalue weighted by molar-refractivity contribution is -0.150. The summed E-state index contributed by atoms with van der Waals surface area (Å²) in [4.78, 5) is 12.0. The van der Waals surface area contributed by atoms with Crippen molar-refractivity contribution in [2.75, 3.05) is 0 Å². The van der Waals surface area contributed by atoms with E-state index in [0.717, 1.165) is 44.9 Å².